The molecule has 7 heteroatoms. The van der Waals surface area contributed by atoms with Gasteiger partial charge in [-0.25, -0.2) is 13.4 Å². The Morgan fingerprint density at radius 3 is 2.89 bits per heavy atom. The van der Waals surface area contributed by atoms with Crippen molar-refractivity contribution in [2.45, 2.75) is 43.7 Å². The fourth-order valence-electron chi connectivity index (χ4n) is 2.36. The molecule has 1 fully saturated rings. The summed E-state index contributed by atoms with van der Waals surface area (Å²) in [6.45, 7) is 2.65. The topological polar surface area (TPSA) is 92.1 Å². The molecule has 2 rings (SSSR count). The first-order valence-electron chi connectivity index (χ1n) is 6.29. The Hall–Kier alpha value is -0.920. The van der Waals surface area contributed by atoms with Crippen LogP contribution in [0.25, 0.3) is 0 Å². The van der Waals surface area contributed by atoms with Gasteiger partial charge in [-0.15, -0.1) is 0 Å². The molecule has 1 aromatic heterocycles. The highest BCUT2D eigenvalue weighted by molar-refractivity contribution is 7.89. The van der Waals surface area contributed by atoms with Crippen LogP contribution in [-0.4, -0.2) is 41.8 Å². The van der Waals surface area contributed by atoms with Crippen molar-refractivity contribution in [2.75, 3.05) is 13.1 Å². The second kappa shape index (κ2) is 5.38. The van der Waals surface area contributed by atoms with E-state index in [1.54, 1.807) is 6.92 Å². The Morgan fingerprint density at radius 1 is 1.50 bits per heavy atom. The molecule has 0 aromatic carbocycles. The van der Waals surface area contributed by atoms with Crippen LogP contribution in [0.15, 0.2) is 11.2 Å². The van der Waals surface area contributed by atoms with E-state index in [1.807, 2.05) is 0 Å². The predicted octanol–water partition coefficient (Wildman–Crippen LogP) is 0.610. The molecule has 1 aliphatic heterocycles. The van der Waals surface area contributed by atoms with Crippen LogP contribution in [0.3, 0.4) is 0 Å². The zero-order valence-corrected chi connectivity index (χ0v) is 11.4. The zero-order chi connectivity index (χ0) is 13.2. The average molecular weight is 272 g/mol. The van der Waals surface area contributed by atoms with Crippen molar-refractivity contribution >= 4 is 10.0 Å². The van der Waals surface area contributed by atoms with Crippen LogP contribution >= 0.6 is 0 Å². The number of hydrogen-bond acceptors (Lipinski definition) is 4. The first kappa shape index (κ1) is 13.5. The number of imidazole rings is 1. The van der Waals surface area contributed by atoms with Gasteiger partial charge in [0.15, 0.2) is 5.03 Å². The third kappa shape index (κ3) is 2.57. The van der Waals surface area contributed by atoms with Gasteiger partial charge in [-0.1, -0.05) is 12.8 Å². The highest BCUT2D eigenvalue weighted by Crippen LogP contribution is 2.23. The molecule has 18 heavy (non-hydrogen) atoms. The van der Waals surface area contributed by atoms with E-state index in [0.29, 0.717) is 18.9 Å². The number of aryl methyl sites for hydroxylation is 1. The number of hydrogen-bond donors (Lipinski definition) is 2. The number of nitrogens with one attached hydrogen (secondary N) is 1. The van der Waals surface area contributed by atoms with E-state index < -0.39 is 10.0 Å². The van der Waals surface area contributed by atoms with Crippen LogP contribution < -0.4 is 5.73 Å². The molecular weight excluding hydrogens is 252 g/mol. The fraction of sp³-hybridized carbons (Fsp3) is 0.727. The molecule has 0 bridgehead atoms. The smallest absolute Gasteiger partial charge is 0.260 e. The van der Waals surface area contributed by atoms with Gasteiger partial charge in [0.05, 0.1) is 6.20 Å². The minimum absolute atomic E-state index is 0.0962. The van der Waals surface area contributed by atoms with E-state index >= 15 is 0 Å². The Morgan fingerprint density at radius 2 is 2.28 bits per heavy atom. The molecule has 0 radical (unpaired) electrons. The van der Waals surface area contributed by atoms with Gasteiger partial charge < -0.3 is 10.7 Å². The van der Waals surface area contributed by atoms with E-state index in [-0.39, 0.29) is 11.1 Å². The number of aromatic nitrogens is 2. The molecule has 1 aromatic rings. The number of H-pyrrole nitrogens is 1. The summed E-state index contributed by atoms with van der Waals surface area (Å²) in [7, 11) is -3.49. The van der Waals surface area contributed by atoms with Crippen LogP contribution in [-0.2, 0) is 10.0 Å². The molecule has 0 saturated carbocycles. The molecule has 3 N–H and O–H groups in total. The Bertz CT molecular complexity index is 497. The number of nitrogens with zero attached hydrogens (tertiary/aromatic N) is 2. The number of nitrogens with two attached hydrogens (primary N) is 1. The highest BCUT2D eigenvalue weighted by atomic mass is 32.2. The first-order valence-corrected chi connectivity index (χ1v) is 7.73. The van der Waals surface area contributed by atoms with E-state index in [2.05, 4.69) is 9.97 Å². The molecule has 102 valence electrons. The van der Waals surface area contributed by atoms with Crippen molar-refractivity contribution in [2.24, 2.45) is 5.73 Å². The summed E-state index contributed by atoms with van der Waals surface area (Å²) in [6, 6.07) is -0.0962. The van der Waals surface area contributed by atoms with Gasteiger partial charge in [-0.2, -0.15) is 4.31 Å². The van der Waals surface area contributed by atoms with Crippen LogP contribution in [0.4, 0.5) is 0 Å². The molecule has 0 amide bonds. The lowest BCUT2D eigenvalue weighted by atomic mass is 10.1. The second-order valence-corrected chi connectivity index (χ2v) is 6.55. The molecule has 0 aliphatic carbocycles. The molecular formula is C11H20N4O2S. The lowest BCUT2D eigenvalue weighted by Gasteiger charge is -2.27. The molecule has 1 saturated heterocycles. The minimum Gasteiger partial charge on any atom is -0.332 e. The normalized spacial score (nSPS) is 22.9. The predicted molar refractivity (Wildman–Crippen MR) is 68.5 cm³/mol. The summed E-state index contributed by atoms with van der Waals surface area (Å²) in [6.07, 6.45) is 5.20. The van der Waals surface area contributed by atoms with E-state index in [9.17, 15) is 8.42 Å². The summed E-state index contributed by atoms with van der Waals surface area (Å²) in [4.78, 5) is 6.76. The summed E-state index contributed by atoms with van der Waals surface area (Å²) in [5, 5.41) is 0.167. The van der Waals surface area contributed by atoms with Gasteiger partial charge in [0.25, 0.3) is 10.0 Å². The largest absolute Gasteiger partial charge is 0.332 e. The maximum atomic E-state index is 12.5. The first-order chi connectivity index (χ1) is 8.55. The standard InChI is InChI=1S/C11H20N4O2S/c1-9-13-8-11(14-9)18(16,17)15-6-4-2-3-5-10(15)7-12/h8,10H,2-7,12H2,1H3,(H,13,14). The van der Waals surface area contributed by atoms with Crippen molar-refractivity contribution in [3.63, 3.8) is 0 Å². The third-order valence-electron chi connectivity index (χ3n) is 3.36. The molecule has 1 atom stereocenters. The monoisotopic (exact) mass is 272 g/mol. The van der Waals surface area contributed by atoms with Crippen molar-refractivity contribution in [1.82, 2.24) is 14.3 Å². The van der Waals surface area contributed by atoms with Crippen LogP contribution in [0, 0.1) is 6.92 Å². The van der Waals surface area contributed by atoms with Crippen molar-refractivity contribution < 1.29 is 8.42 Å². The van der Waals surface area contributed by atoms with Gasteiger partial charge in [0.1, 0.15) is 5.82 Å². The van der Waals surface area contributed by atoms with E-state index in [0.717, 1.165) is 25.7 Å². The van der Waals surface area contributed by atoms with Crippen molar-refractivity contribution in [3.05, 3.63) is 12.0 Å². The lowest BCUT2D eigenvalue weighted by Crippen LogP contribution is -2.44. The highest BCUT2D eigenvalue weighted by Gasteiger charge is 2.32. The maximum absolute atomic E-state index is 12.5. The second-order valence-electron chi connectivity index (χ2n) is 4.69. The Kier molecular flexibility index (Phi) is 4.04. The van der Waals surface area contributed by atoms with Crippen LogP contribution in [0.2, 0.25) is 0 Å². The number of rotatable bonds is 3. The molecule has 6 nitrogen and oxygen atoms in total. The third-order valence-corrected chi connectivity index (χ3v) is 5.22. The Balaban J connectivity index is 2.32. The fourth-order valence-corrected chi connectivity index (χ4v) is 4.03. The summed E-state index contributed by atoms with van der Waals surface area (Å²) < 4.78 is 26.6. The lowest BCUT2D eigenvalue weighted by molar-refractivity contribution is 0.327. The molecule has 2 heterocycles. The van der Waals surface area contributed by atoms with E-state index in [1.165, 1.54) is 10.5 Å². The number of aromatic amines is 1. The van der Waals surface area contributed by atoms with Crippen LogP contribution in [0.1, 0.15) is 31.5 Å². The Labute approximate surface area is 108 Å². The summed E-state index contributed by atoms with van der Waals surface area (Å²) in [5.74, 6) is 0.604. The maximum Gasteiger partial charge on any atom is 0.260 e. The van der Waals surface area contributed by atoms with E-state index in [4.69, 9.17) is 5.73 Å². The van der Waals surface area contributed by atoms with Gasteiger partial charge in [-0.3, -0.25) is 0 Å². The SMILES string of the molecule is Cc1ncc(S(=O)(=O)N2CCCCCC2CN)[nH]1. The number of sulfonamides is 1. The van der Waals surface area contributed by atoms with Gasteiger partial charge in [-0.05, 0) is 19.8 Å². The summed E-state index contributed by atoms with van der Waals surface area (Å²) in [5.41, 5.74) is 5.71. The quantitative estimate of drug-likeness (QED) is 0.843. The molecule has 0 spiro atoms. The minimum atomic E-state index is -3.49. The zero-order valence-electron chi connectivity index (χ0n) is 10.6. The summed E-state index contributed by atoms with van der Waals surface area (Å²) >= 11 is 0. The average Bonchev–Trinajstić information content (AvgIpc) is 2.65. The van der Waals surface area contributed by atoms with Crippen molar-refractivity contribution in [3.8, 4) is 0 Å². The van der Waals surface area contributed by atoms with Gasteiger partial charge >= 0.3 is 0 Å². The molecule has 1 aliphatic rings. The van der Waals surface area contributed by atoms with Crippen LogP contribution in [0.5, 0.6) is 0 Å². The van der Waals surface area contributed by atoms with Gasteiger partial charge in [0.2, 0.25) is 0 Å². The van der Waals surface area contributed by atoms with Gasteiger partial charge in [0, 0.05) is 19.1 Å². The molecule has 1 unspecified atom stereocenters. The van der Waals surface area contributed by atoms with Crippen molar-refractivity contribution in [1.29, 1.82) is 0 Å².